The van der Waals surface area contributed by atoms with Gasteiger partial charge in [-0.2, -0.15) is 0 Å². The Kier molecular flexibility index (Phi) is 9.07. The van der Waals surface area contributed by atoms with Crippen molar-refractivity contribution in [3.8, 4) is 11.1 Å². The van der Waals surface area contributed by atoms with E-state index >= 15 is 0 Å². The first-order chi connectivity index (χ1) is 20.8. The van der Waals surface area contributed by atoms with Crippen molar-refractivity contribution in [1.82, 2.24) is 16.0 Å². The van der Waals surface area contributed by atoms with Gasteiger partial charge in [-0.05, 0) is 80.1 Å². The molecule has 0 saturated carbocycles. The lowest BCUT2D eigenvalue weighted by Gasteiger charge is -2.30. The lowest BCUT2D eigenvalue weighted by atomic mass is 9.98. The largest absolute Gasteiger partial charge is 0.468 e. The van der Waals surface area contributed by atoms with Gasteiger partial charge in [0.2, 0.25) is 11.8 Å². The lowest BCUT2D eigenvalue weighted by Crippen LogP contribution is -2.57. The molecule has 0 unspecified atom stereocenters. The van der Waals surface area contributed by atoms with Crippen LogP contribution in [0.2, 0.25) is 0 Å². The molecule has 1 aliphatic rings. The van der Waals surface area contributed by atoms with Crippen LogP contribution in [-0.2, 0) is 29.1 Å². The van der Waals surface area contributed by atoms with E-state index in [4.69, 9.17) is 4.42 Å². The highest BCUT2D eigenvalue weighted by molar-refractivity contribution is 6.02. The Morgan fingerprint density at radius 1 is 0.953 bits per heavy atom. The van der Waals surface area contributed by atoms with Crippen LogP contribution in [0.4, 0.5) is 5.69 Å². The maximum atomic E-state index is 14.0. The Morgan fingerprint density at radius 2 is 1.70 bits per heavy atom. The van der Waals surface area contributed by atoms with Crippen LogP contribution in [0.25, 0.3) is 11.1 Å². The number of hydrogen-bond donors (Lipinski definition) is 3. The minimum absolute atomic E-state index is 0.110. The van der Waals surface area contributed by atoms with Gasteiger partial charge in [0.1, 0.15) is 11.8 Å². The second-order valence-electron chi connectivity index (χ2n) is 11.3. The van der Waals surface area contributed by atoms with Crippen molar-refractivity contribution in [3.63, 3.8) is 0 Å². The van der Waals surface area contributed by atoms with Gasteiger partial charge in [-0.1, -0.05) is 60.7 Å². The normalized spacial score (nSPS) is 15.0. The second-order valence-corrected chi connectivity index (χ2v) is 11.3. The molecule has 3 N–H and O–H groups in total. The summed E-state index contributed by atoms with van der Waals surface area (Å²) in [7, 11) is 0. The molecular formula is C35H38N4O4. The van der Waals surface area contributed by atoms with Crippen molar-refractivity contribution in [2.75, 3.05) is 11.4 Å². The second kappa shape index (κ2) is 13.1. The average Bonchev–Trinajstić information content (AvgIpc) is 3.51. The van der Waals surface area contributed by atoms with Crippen molar-refractivity contribution in [2.24, 2.45) is 0 Å². The summed E-state index contributed by atoms with van der Waals surface area (Å²) in [5.41, 5.74) is 4.32. The topological polar surface area (TPSA) is 104 Å². The van der Waals surface area contributed by atoms with Crippen LogP contribution in [0.15, 0.2) is 95.6 Å². The quantitative estimate of drug-likeness (QED) is 0.239. The first-order valence-electron chi connectivity index (χ1n) is 14.7. The van der Waals surface area contributed by atoms with Gasteiger partial charge in [-0.15, -0.1) is 0 Å². The van der Waals surface area contributed by atoms with Crippen molar-refractivity contribution in [3.05, 3.63) is 114 Å². The van der Waals surface area contributed by atoms with E-state index in [1.807, 2.05) is 85.8 Å². The number of nitrogens with zero attached hydrogens (tertiary/aromatic N) is 1. The summed E-state index contributed by atoms with van der Waals surface area (Å²) in [5, 5.41) is 9.13. The third-order valence-electron chi connectivity index (χ3n) is 7.82. The molecule has 3 amide bonds. The Balaban J connectivity index is 1.35. The van der Waals surface area contributed by atoms with Gasteiger partial charge < -0.3 is 20.0 Å². The number of benzene rings is 3. The third-order valence-corrected chi connectivity index (χ3v) is 7.82. The highest BCUT2D eigenvalue weighted by Gasteiger charge is 2.35. The fraction of sp³-hybridized carbons (Fsp3) is 0.286. The van der Waals surface area contributed by atoms with E-state index in [-0.39, 0.29) is 17.7 Å². The number of nitrogens with one attached hydrogen (secondary N) is 3. The van der Waals surface area contributed by atoms with Crippen molar-refractivity contribution >= 4 is 23.4 Å². The molecule has 0 fully saturated rings. The molecule has 8 heteroatoms. The summed E-state index contributed by atoms with van der Waals surface area (Å²) in [6.07, 6.45) is 2.76. The predicted molar refractivity (Wildman–Crippen MR) is 167 cm³/mol. The molecule has 0 aliphatic carbocycles. The Hall–Kier alpha value is -4.69. The van der Waals surface area contributed by atoms with E-state index in [0.29, 0.717) is 38.0 Å². The number of hydrogen-bond acceptors (Lipinski definition) is 5. The van der Waals surface area contributed by atoms with E-state index < -0.39 is 11.6 Å². The molecule has 43 heavy (non-hydrogen) atoms. The smallest absolute Gasteiger partial charge is 0.251 e. The van der Waals surface area contributed by atoms with E-state index in [1.54, 1.807) is 31.1 Å². The summed E-state index contributed by atoms with van der Waals surface area (Å²) >= 11 is 0. The number of fused-ring (bicyclic) bond motifs is 1. The number of para-hydroxylation sites is 1. The number of carbonyl (C=O) groups excluding carboxylic acids is 3. The Morgan fingerprint density at radius 3 is 2.44 bits per heavy atom. The highest BCUT2D eigenvalue weighted by atomic mass is 16.3. The minimum Gasteiger partial charge on any atom is -0.468 e. The van der Waals surface area contributed by atoms with E-state index in [1.165, 1.54) is 0 Å². The number of anilines is 1. The average molecular weight is 579 g/mol. The van der Waals surface area contributed by atoms with Gasteiger partial charge >= 0.3 is 0 Å². The molecule has 0 saturated heterocycles. The molecule has 4 aromatic rings. The molecule has 1 atom stereocenters. The molecule has 0 radical (unpaired) electrons. The van der Waals surface area contributed by atoms with Gasteiger partial charge in [0.05, 0.1) is 24.9 Å². The molecule has 2 heterocycles. The molecule has 8 nitrogen and oxygen atoms in total. The Bertz CT molecular complexity index is 1580. The highest BCUT2D eigenvalue weighted by Crippen LogP contribution is 2.30. The van der Waals surface area contributed by atoms with Crippen LogP contribution in [0.1, 0.15) is 54.4 Å². The molecule has 1 aromatic heterocycles. The predicted octanol–water partition coefficient (Wildman–Crippen LogP) is 5.23. The summed E-state index contributed by atoms with van der Waals surface area (Å²) in [5.74, 6) is 0.220. The maximum Gasteiger partial charge on any atom is 0.251 e. The molecule has 0 bridgehead atoms. The van der Waals surface area contributed by atoms with E-state index in [0.717, 1.165) is 33.7 Å². The van der Waals surface area contributed by atoms with Crippen molar-refractivity contribution in [1.29, 1.82) is 0 Å². The van der Waals surface area contributed by atoms with Gasteiger partial charge in [0.15, 0.2) is 0 Å². The lowest BCUT2D eigenvalue weighted by molar-refractivity contribution is -0.131. The fourth-order valence-corrected chi connectivity index (χ4v) is 5.31. The van der Waals surface area contributed by atoms with E-state index in [9.17, 15) is 14.4 Å². The summed E-state index contributed by atoms with van der Waals surface area (Å²) in [6, 6.07) is 26.4. The fourth-order valence-electron chi connectivity index (χ4n) is 5.31. The number of amides is 3. The number of furan rings is 1. The summed E-state index contributed by atoms with van der Waals surface area (Å²) in [4.78, 5) is 41.8. The molecule has 0 spiro atoms. The van der Waals surface area contributed by atoms with Crippen molar-refractivity contribution < 1.29 is 18.8 Å². The number of rotatable bonds is 10. The third kappa shape index (κ3) is 6.87. The Labute approximate surface area is 252 Å². The van der Waals surface area contributed by atoms with Crippen LogP contribution in [0.5, 0.6) is 0 Å². The number of aryl methyl sites for hydroxylation is 1. The maximum absolute atomic E-state index is 14.0. The number of carbonyl (C=O) groups is 3. The van der Waals surface area contributed by atoms with Gasteiger partial charge in [0, 0.05) is 17.8 Å². The van der Waals surface area contributed by atoms with Crippen LogP contribution in [-0.4, -0.2) is 35.8 Å². The zero-order valence-electron chi connectivity index (χ0n) is 24.9. The first-order valence-corrected chi connectivity index (χ1v) is 14.7. The van der Waals surface area contributed by atoms with Crippen LogP contribution in [0, 0.1) is 0 Å². The van der Waals surface area contributed by atoms with Gasteiger partial charge in [0.25, 0.3) is 5.91 Å². The monoisotopic (exact) mass is 578 g/mol. The van der Waals surface area contributed by atoms with Gasteiger partial charge in [-0.25, -0.2) is 0 Å². The zero-order valence-corrected chi connectivity index (χ0v) is 24.9. The summed E-state index contributed by atoms with van der Waals surface area (Å²) < 4.78 is 5.38. The van der Waals surface area contributed by atoms with Crippen LogP contribution < -0.4 is 20.9 Å². The molecule has 5 rings (SSSR count). The van der Waals surface area contributed by atoms with E-state index in [2.05, 4.69) is 16.0 Å². The molecule has 222 valence electrons. The van der Waals surface area contributed by atoms with Crippen LogP contribution in [0.3, 0.4) is 0 Å². The standard InChI is InChI=1S/C35H38N4O4/c1-4-36-32(40)29-13-7-6-12-28(29)25-17-15-24(16-18-25)23-39-31-14-8-5-10-26(31)19-20-30(33(39)41)38-34(42)35(2,3)37-22-27-11-9-21-43-27/h5-18,21,30,37H,4,19-20,22-23H2,1-3H3,(H,36,40)(H,38,42)/t30-/m1/s1. The van der Waals surface area contributed by atoms with Gasteiger partial charge in [-0.3, -0.25) is 19.7 Å². The zero-order chi connectivity index (χ0) is 30.4. The van der Waals surface area contributed by atoms with Crippen LogP contribution >= 0.6 is 0 Å². The summed E-state index contributed by atoms with van der Waals surface area (Å²) in [6.45, 7) is 6.79. The molecule has 1 aliphatic heterocycles. The molecular weight excluding hydrogens is 540 g/mol. The SMILES string of the molecule is CCNC(=O)c1ccccc1-c1ccc(CN2C(=O)[C@H](NC(=O)C(C)(C)NCc3ccco3)CCc3ccccc32)cc1. The minimum atomic E-state index is -0.919. The molecule has 3 aromatic carbocycles. The van der Waals surface area contributed by atoms with Crippen molar-refractivity contribution in [2.45, 2.75) is 58.3 Å². The first kappa shape index (κ1) is 29.8.